The Morgan fingerprint density at radius 3 is 3.05 bits per heavy atom. The quantitative estimate of drug-likeness (QED) is 0.785. The van der Waals surface area contributed by atoms with E-state index in [9.17, 15) is 5.11 Å². The van der Waals surface area contributed by atoms with Gasteiger partial charge in [0.1, 0.15) is 5.82 Å². The largest absolute Gasteiger partial charge is 0.391 e. The van der Waals surface area contributed by atoms with Crippen molar-refractivity contribution in [2.45, 2.75) is 30.4 Å². The number of piperidine rings is 1. The van der Waals surface area contributed by atoms with Gasteiger partial charge in [-0.3, -0.25) is 0 Å². The summed E-state index contributed by atoms with van der Waals surface area (Å²) < 4.78 is 2.15. The SMILES string of the molecule is O[C@@H]1CCNC[C@H]1n1c2c(c3cc(Cl)ccc31)CC(Cl)C=N2. The van der Waals surface area contributed by atoms with Gasteiger partial charge in [-0.1, -0.05) is 11.6 Å². The van der Waals surface area contributed by atoms with Crippen molar-refractivity contribution in [1.82, 2.24) is 9.88 Å². The van der Waals surface area contributed by atoms with E-state index in [0.717, 1.165) is 48.2 Å². The van der Waals surface area contributed by atoms with Crippen LogP contribution in [0.1, 0.15) is 18.0 Å². The van der Waals surface area contributed by atoms with E-state index < -0.39 is 0 Å². The van der Waals surface area contributed by atoms with E-state index in [-0.39, 0.29) is 17.5 Å². The number of hydrogen-bond donors (Lipinski definition) is 2. The summed E-state index contributed by atoms with van der Waals surface area (Å²) in [6, 6.07) is 5.84. The summed E-state index contributed by atoms with van der Waals surface area (Å²) in [6.07, 6.45) is 2.89. The summed E-state index contributed by atoms with van der Waals surface area (Å²) in [4.78, 5) is 4.57. The number of nitrogens with one attached hydrogen (secondary N) is 1. The highest BCUT2D eigenvalue weighted by molar-refractivity contribution is 6.31. The minimum atomic E-state index is -0.374. The van der Waals surface area contributed by atoms with Crippen molar-refractivity contribution in [1.29, 1.82) is 0 Å². The number of aliphatic hydroxyl groups is 1. The fraction of sp³-hybridized carbons (Fsp3) is 0.438. The van der Waals surface area contributed by atoms with Crippen LogP contribution in [-0.4, -0.2) is 40.5 Å². The van der Waals surface area contributed by atoms with Crippen LogP contribution >= 0.6 is 23.2 Å². The van der Waals surface area contributed by atoms with E-state index in [1.807, 2.05) is 18.2 Å². The first-order valence-corrected chi connectivity index (χ1v) is 8.36. The molecule has 1 aromatic carbocycles. The summed E-state index contributed by atoms with van der Waals surface area (Å²) >= 11 is 12.4. The predicted molar refractivity (Wildman–Crippen MR) is 91.0 cm³/mol. The van der Waals surface area contributed by atoms with E-state index in [1.54, 1.807) is 6.21 Å². The first kappa shape index (κ1) is 14.5. The highest BCUT2D eigenvalue weighted by Gasteiger charge is 2.31. The van der Waals surface area contributed by atoms with Gasteiger partial charge in [-0.05, 0) is 37.6 Å². The Morgan fingerprint density at radius 2 is 2.23 bits per heavy atom. The van der Waals surface area contributed by atoms with E-state index in [0.29, 0.717) is 5.02 Å². The van der Waals surface area contributed by atoms with Crippen molar-refractivity contribution in [2.24, 2.45) is 4.99 Å². The van der Waals surface area contributed by atoms with Crippen LogP contribution in [0.15, 0.2) is 23.2 Å². The minimum Gasteiger partial charge on any atom is -0.391 e. The van der Waals surface area contributed by atoms with Gasteiger partial charge in [0.25, 0.3) is 0 Å². The molecule has 2 N–H and O–H groups in total. The fourth-order valence-corrected chi connectivity index (χ4v) is 3.89. The van der Waals surface area contributed by atoms with Gasteiger partial charge in [0.2, 0.25) is 0 Å². The molecule has 4 nitrogen and oxygen atoms in total. The third-order valence-corrected chi connectivity index (χ3v) is 5.05. The van der Waals surface area contributed by atoms with Crippen molar-refractivity contribution in [3.63, 3.8) is 0 Å². The summed E-state index contributed by atoms with van der Waals surface area (Å²) in [6.45, 7) is 1.58. The summed E-state index contributed by atoms with van der Waals surface area (Å²) in [5, 5.41) is 15.5. The molecule has 0 aliphatic carbocycles. The second-order valence-corrected chi connectivity index (χ2v) is 6.96. The number of nitrogens with zero attached hydrogens (tertiary/aromatic N) is 2. The third-order valence-electron chi connectivity index (χ3n) is 4.55. The number of fused-ring (bicyclic) bond motifs is 3. The van der Waals surface area contributed by atoms with Crippen LogP contribution in [0.5, 0.6) is 0 Å². The standard InChI is InChI=1S/C16H17Cl2N3O/c17-9-1-2-13-11(5-9)12-6-10(18)7-20-16(12)21(13)14-8-19-4-3-15(14)22/h1-2,5,7,10,14-15,19,22H,3-4,6,8H2/t10?,14-,15-/m1/s1. The lowest BCUT2D eigenvalue weighted by Crippen LogP contribution is -2.41. The number of aromatic nitrogens is 1. The van der Waals surface area contributed by atoms with Gasteiger partial charge in [0.05, 0.1) is 23.0 Å². The maximum Gasteiger partial charge on any atom is 0.136 e. The molecule has 0 spiro atoms. The second-order valence-electron chi connectivity index (χ2n) is 5.96. The van der Waals surface area contributed by atoms with E-state index in [2.05, 4.69) is 14.9 Å². The van der Waals surface area contributed by atoms with Crippen molar-refractivity contribution >= 4 is 46.1 Å². The lowest BCUT2D eigenvalue weighted by atomic mass is 10.0. The number of rotatable bonds is 1. The zero-order valence-electron chi connectivity index (χ0n) is 12.0. The first-order valence-electron chi connectivity index (χ1n) is 7.54. The molecule has 3 atom stereocenters. The Balaban J connectivity index is 1.96. The van der Waals surface area contributed by atoms with Gasteiger partial charge in [-0.15, -0.1) is 11.6 Å². The number of aliphatic hydroxyl groups excluding tert-OH is 1. The molecule has 0 saturated carbocycles. The number of hydrogen-bond acceptors (Lipinski definition) is 3. The van der Waals surface area contributed by atoms with Gasteiger partial charge < -0.3 is 15.0 Å². The second kappa shape index (κ2) is 5.53. The van der Waals surface area contributed by atoms with Gasteiger partial charge in [0, 0.05) is 28.7 Å². The Hall–Kier alpha value is -1.07. The van der Waals surface area contributed by atoms with Crippen LogP contribution in [0.25, 0.3) is 10.9 Å². The summed E-state index contributed by atoms with van der Waals surface area (Å²) in [7, 11) is 0. The average molecular weight is 338 g/mol. The highest BCUT2D eigenvalue weighted by atomic mass is 35.5. The van der Waals surface area contributed by atoms with Crippen LogP contribution in [-0.2, 0) is 6.42 Å². The van der Waals surface area contributed by atoms with E-state index in [4.69, 9.17) is 23.2 Å². The van der Waals surface area contributed by atoms with Crippen molar-refractivity contribution < 1.29 is 5.11 Å². The lowest BCUT2D eigenvalue weighted by molar-refractivity contribution is 0.0870. The Labute approximate surface area is 138 Å². The zero-order valence-corrected chi connectivity index (χ0v) is 13.5. The van der Waals surface area contributed by atoms with Gasteiger partial charge in [-0.25, -0.2) is 4.99 Å². The monoisotopic (exact) mass is 337 g/mol. The summed E-state index contributed by atoms with van der Waals surface area (Å²) in [5.74, 6) is 0.905. The molecule has 0 amide bonds. The molecule has 1 saturated heterocycles. The molecule has 3 heterocycles. The maximum atomic E-state index is 10.4. The van der Waals surface area contributed by atoms with Crippen LogP contribution in [0.3, 0.4) is 0 Å². The zero-order chi connectivity index (χ0) is 15.3. The molecule has 2 aliphatic rings. The topological polar surface area (TPSA) is 49.5 Å². The van der Waals surface area contributed by atoms with Crippen molar-refractivity contribution in [3.05, 3.63) is 28.8 Å². The molecule has 0 radical (unpaired) electrons. The Morgan fingerprint density at radius 1 is 1.36 bits per heavy atom. The lowest BCUT2D eigenvalue weighted by Gasteiger charge is -2.31. The molecule has 4 rings (SSSR count). The van der Waals surface area contributed by atoms with Gasteiger partial charge in [-0.2, -0.15) is 0 Å². The van der Waals surface area contributed by atoms with E-state index in [1.165, 1.54) is 0 Å². The molecular weight excluding hydrogens is 321 g/mol. The van der Waals surface area contributed by atoms with Crippen LogP contribution in [0, 0.1) is 0 Å². The molecule has 0 bridgehead atoms. The average Bonchev–Trinajstić information content (AvgIpc) is 2.81. The molecule has 2 aromatic rings. The van der Waals surface area contributed by atoms with Crippen molar-refractivity contribution in [3.8, 4) is 0 Å². The number of alkyl halides is 1. The molecule has 2 aliphatic heterocycles. The molecule has 1 aromatic heterocycles. The van der Waals surface area contributed by atoms with Crippen LogP contribution in [0.4, 0.5) is 5.82 Å². The van der Waals surface area contributed by atoms with Crippen LogP contribution in [0.2, 0.25) is 5.02 Å². The Bertz CT molecular complexity index is 755. The highest BCUT2D eigenvalue weighted by Crippen LogP contribution is 2.40. The predicted octanol–water partition coefficient (Wildman–Crippen LogP) is 3.06. The van der Waals surface area contributed by atoms with Crippen molar-refractivity contribution in [2.75, 3.05) is 13.1 Å². The van der Waals surface area contributed by atoms with Crippen LogP contribution < -0.4 is 5.32 Å². The van der Waals surface area contributed by atoms with E-state index >= 15 is 0 Å². The Kier molecular flexibility index (Phi) is 3.65. The normalized spacial score (nSPS) is 28.0. The first-order chi connectivity index (χ1) is 10.6. The fourth-order valence-electron chi connectivity index (χ4n) is 3.51. The van der Waals surface area contributed by atoms with Gasteiger partial charge >= 0.3 is 0 Å². The molecular formula is C16H17Cl2N3O. The maximum absolute atomic E-state index is 10.4. The smallest absolute Gasteiger partial charge is 0.136 e. The number of aliphatic imine (C=N–C) groups is 1. The summed E-state index contributed by atoms with van der Waals surface area (Å²) in [5.41, 5.74) is 2.18. The molecule has 116 valence electrons. The molecule has 1 fully saturated rings. The number of benzene rings is 1. The molecule has 22 heavy (non-hydrogen) atoms. The third kappa shape index (κ3) is 2.26. The molecule has 6 heteroatoms. The molecule has 1 unspecified atom stereocenters. The number of halogens is 2. The van der Waals surface area contributed by atoms with Gasteiger partial charge in [0.15, 0.2) is 0 Å². The minimum absolute atomic E-state index is 0.0230.